The normalized spacial score (nSPS) is 18.0. The minimum absolute atomic E-state index is 0.0987. The Hall–Kier alpha value is -2.97. The smallest absolute Gasteiger partial charge is 0.273 e. The molecule has 2 aromatic carbocycles. The molecule has 1 saturated heterocycles. The van der Waals surface area contributed by atoms with Crippen molar-refractivity contribution in [1.82, 2.24) is 15.8 Å². The van der Waals surface area contributed by atoms with Crippen LogP contribution in [0, 0.1) is 0 Å². The molecule has 0 radical (unpaired) electrons. The van der Waals surface area contributed by atoms with Crippen LogP contribution < -0.4 is 25.1 Å². The summed E-state index contributed by atoms with van der Waals surface area (Å²) < 4.78 is 16.7. The number of nitrogens with one attached hydrogen (secondary N) is 2. The number of fused-ring (bicyclic) bond motifs is 1. The van der Waals surface area contributed by atoms with Crippen LogP contribution in [0.3, 0.4) is 0 Å². The average Bonchev–Trinajstić information content (AvgIpc) is 3.12. The molecule has 8 nitrogen and oxygen atoms in total. The van der Waals surface area contributed by atoms with E-state index in [-0.39, 0.29) is 24.1 Å². The Kier molecular flexibility index (Phi) is 7.02. The van der Waals surface area contributed by atoms with Crippen LogP contribution in [0.2, 0.25) is 5.02 Å². The molecule has 2 aromatic rings. The predicted molar refractivity (Wildman–Crippen MR) is 119 cm³/mol. The zero-order valence-corrected chi connectivity index (χ0v) is 18.6. The summed E-state index contributed by atoms with van der Waals surface area (Å²) in [4.78, 5) is 27.1. The summed E-state index contributed by atoms with van der Waals surface area (Å²) in [5.41, 5.74) is 6.25. The van der Waals surface area contributed by atoms with E-state index >= 15 is 0 Å². The molecule has 2 amide bonds. The van der Waals surface area contributed by atoms with Crippen LogP contribution in [-0.2, 0) is 4.79 Å². The van der Waals surface area contributed by atoms with Gasteiger partial charge in [0.15, 0.2) is 11.5 Å². The summed E-state index contributed by atoms with van der Waals surface area (Å²) in [7, 11) is 1.46. The first-order valence-corrected chi connectivity index (χ1v) is 11.0. The van der Waals surface area contributed by atoms with Crippen molar-refractivity contribution in [3.63, 3.8) is 0 Å². The van der Waals surface area contributed by atoms with Crippen LogP contribution in [0.25, 0.3) is 0 Å². The molecule has 0 aromatic heterocycles. The third-order valence-electron chi connectivity index (χ3n) is 5.59. The fourth-order valence-electron chi connectivity index (χ4n) is 4.06. The lowest BCUT2D eigenvalue weighted by Gasteiger charge is -2.25. The van der Waals surface area contributed by atoms with Gasteiger partial charge in [0.2, 0.25) is 0 Å². The summed E-state index contributed by atoms with van der Waals surface area (Å²) in [6, 6.07) is 10.8. The molecule has 0 unspecified atom stereocenters. The van der Waals surface area contributed by atoms with E-state index in [1.165, 1.54) is 13.2 Å². The van der Waals surface area contributed by atoms with Gasteiger partial charge in [0.05, 0.1) is 32.4 Å². The molecule has 32 heavy (non-hydrogen) atoms. The van der Waals surface area contributed by atoms with Crippen molar-refractivity contribution in [2.45, 2.75) is 25.3 Å². The number of methoxy groups -OCH3 is 1. The Bertz CT molecular complexity index is 1000. The van der Waals surface area contributed by atoms with Crippen LogP contribution in [0.4, 0.5) is 0 Å². The molecular formula is C23H26ClN3O5. The zero-order valence-electron chi connectivity index (χ0n) is 17.9. The Labute approximate surface area is 191 Å². The van der Waals surface area contributed by atoms with Crippen molar-refractivity contribution in [2.24, 2.45) is 0 Å². The van der Waals surface area contributed by atoms with Crippen LogP contribution >= 0.6 is 11.6 Å². The third-order valence-corrected chi connectivity index (χ3v) is 5.82. The topological polar surface area (TPSA) is 89.1 Å². The molecular weight excluding hydrogens is 434 g/mol. The highest BCUT2D eigenvalue weighted by atomic mass is 35.5. The quantitative estimate of drug-likeness (QED) is 0.668. The van der Waals surface area contributed by atoms with Crippen molar-refractivity contribution in [3.8, 4) is 17.2 Å². The number of nitrogens with zero attached hydrogens (tertiary/aromatic N) is 1. The Morgan fingerprint density at radius 3 is 2.72 bits per heavy atom. The van der Waals surface area contributed by atoms with Crippen molar-refractivity contribution < 1.29 is 23.8 Å². The number of hydrazine groups is 1. The standard InChI is InChI=1S/C23H26ClN3O5/c1-30-19-8-6-16(24)13-17(19)23(29)26-25-22(28)14-27-9-2-4-18(27)15-5-7-20-21(12-15)32-11-3-10-31-20/h5-8,12-13,18H,2-4,9-11,14H2,1H3,(H,25,28)(H,26,29)/t18-/m0/s1. The number of hydrogen-bond acceptors (Lipinski definition) is 6. The lowest BCUT2D eigenvalue weighted by atomic mass is 10.0. The van der Waals surface area contributed by atoms with E-state index in [0.717, 1.165) is 42.9 Å². The largest absolute Gasteiger partial charge is 0.496 e. The molecule has 2 heterocycles. The van der Waals surface area contributed by atoms with E-state index in [0.29, 0.717) is 24.0 Å². The summed E-state index contributed by atoms with van der Waals surface area (Å²) in [6.07, 6.45) is 2.78. The Morgan fingerprint density at radius 1 is 1.09 bits per heavy atom. The maximum Gasteiger partial charge on any atom is 0.273 e. The number of likely N-dealkylation sites (tertiary alicyclic amines) is 1. The van der Waals surface area contributed by atoms with E-state index in [9.17, 15) is 9.59 Å². The third kappa shape index (κ3) is 5.08. The zero-order chi connectivity index (χ0) is 22.5. The van der Waals surface area contributed by atoms with E-state index in [4.69, 9.17) is 25.8 Å². The maximum absolute atomic E-state index is 12.5. The molecule has 0 aliphatic carbocycles. The molecule has 0 spiro atoms. The number of amides is 2. The van der Waals surface area contributed by atoms with Gasteiger partial charge in [-0.25, -0.2) is 0 Å². The number of hydrogen-bond donors (Lipinski definition) is 2. The van der Waals surface area contributed by atoms with Gasteiger partial charge in [0.25, 0.3) is 11.8 Å². The fraction of sp³-hybridized carbons (Fsp3) is 0.391. The van der Waals surface area contributed by atoms with Gasteiger partial charge < -0.3 is 14.2 Å². The second-order valence-corrected chi connectivity index (χ2v) is 8.17. The van der Waals surface area contributed by atoms with E-state index in [2.05, 4.69) is 15.8 Å². The first kappa shape index (κ1) is 22.2. The van der Waals surface area contributed by atoms with Gasteiger partial charge in [-0.2, -0.15) is 0 Å². The Morgan fingerprint density at radius 2 is 1.91 bits per heavy atom. The van der Waals surface area contributed by atoms with Gasteiger partial charge in [0.1, 0.15) is 5.75 Å². The van der Waals surface area contributed by atoms with Crippen molar-refractivity contribution in [1.29, 1.82) is 0 Å². The SMILES string of the molecule is COc1ccc(Cl)cc1C(=O)NNC(=O)CN1CCC[C@H]1c1ccc2c(c1)OCCCO2. The number of carbonyl (C=O) groups is 2. The number of carbonyl (C=O) groups excluding carboxylic acids is 2. The Balaban J connectivity index is 1.36. The highest BCUT2D eigenvalue weighted by Gasteiger charge is 2.29. The summed E-state index contributed by atoms with van der Waals surface area (Å²) in [5.74, 6) is 1.07. The molecule has 9 heteroatoms. The van der Waals surface area contributed by atoms with Gasteiger partial charge in [-0.3, -0.25) is 25.3 Å². The highest BCUT2D eigenvalue weighted by Crippen LogP contribution is 2.37. The van der Waals surface area contributed by atoms with Gasteiger partial charge in [-0.05, 0) is 55.3 Å². The van der Waals surface area contributed by atoms with Crippen molar-refractivity contribution in [2.75, 3.05) is 33.4 Å². The monoisotopic (exact) mass is 459 g/mol. The van der Waals surface area contributed by atoms with Crippen LogP contribution in [0.5, 0.6) is 17.2 Å². The highest BCUT2D eigenvalue weighted by molar-refractivity contribution is 6.31. The first-order valence-electron chi connectivity index (χ1n) is 10.6. The van der Waals surface area contributed by atoms with Gasteiger partial charge in [0, 0.05) is 17.5 Å². The first-order chi connectivity index (χ1) is 15.5. The van der Waals surface area contributed by atoms with E-state index in [1.807, 2.05) is 18.2 Å². The lowest BCUT2D eigenvalue weighted by molar-refractivity contribution is -0.123. The summed E-state index contributed by atoms with van der Waals surface area (Å²) in [6.45, 7) is 2.23. The number of halogens is 1. The molecule has 170 valence electrons. The van der Waals surface area contributed by atoms with Crippen molar-refractivity contribution in [3.05, 3.63) is 52.5 Å². The van der Waals surface area contributed by atoms with Crippen molar-refractivity contribution >= 4 is 23.4 Å². The summed E-state index contributed by atoms with van der Waals surface area (Å²) >= 11 is 5.98. The van der Waals surface area contributed by atoms with E-state index < -0.39 is 5.91 Å². The molecule has 2 aliphatic rings. The molecule has 2 aliphatic heterocycles. The molecule has 1 fully saturated rings. The molecule has 1 atom stereocenters. The number of ether oxygens (including phenoxy) is 3. The second-order valence-electron chi connectivity index (χ2n) is 7.73. The molecule has 4 rings (SSSR count). The van der Waals surface area contributed by atoms with E-state index in [1.54, 1.807) is 12.1 Å². The lowest BCUT2D eigenvalue weighted by Crippen LogP contribution is -2.46. The summed E-state index contributed by atoms with van der Waals surface area (Å²) in [5, 5.41) is 0.400. The second kappa shape index (κ2) is 10.1. The fourth-order valence-corrected chi connectivity index (χ4v) is 4.23. The van der Waals surface area contributed by atoms with Crippen LogP contribution in [0.1, 0.15) is 41.2 Å². The van der Waals surface area contributed by atoms with Gasteiger partial charge in [-0.15, -0.1) is 0 Å². The molecule has 0 saturated carbocycles. The van der Waals surface area contributed by atoms with Gasteiger partial charge in [-0.1, -0.05) is 17.7 Å². The molecule has 0 bridgehead atoms. The minimum atomic E-state index is -0.501. The number of rotatable bonds is 5. The van der Waals surface area contributed by atoms with Gasteiger partial charge >= 0.3 is 0 Å². The average molecular weight is 460 g/mol. The number of benzene rings is 2. The predicted octanol–water partition coefficient (Wildman–Crippen LogP) is 3.11. The van der Waals surface area contributed by atoms with Crippen LogP contribution in [0.15, 0.2) is 36.4 Å². The minimum Gasteiger partial charge on any atom is -0.496 e. The maximum atomic E-state index is 12.5. The molecule has 2 N–H and O–H groups in total. The van der Waals surface area contributed by atoms with Crippen LogP contribution in [-0.4, -0.2) is 50.1 Å².